The van der Waals surface area contributed by atoms with Crippen molar-refractivity contribution in [3.63, 3.8) is 0 Å². The summed E-state index contributed by atoms with van der Waals surface area (Å²) in [6.07, 6.45) is 3.60. The number of hydrogen-bond acceptors (Lipinski definition) is 4. The summed E-state index contributed by atoms with van der Waals surface area (Å²) in [5, 5.41) is 3.30. The van der Waals surface area contributed by atoms with E-state index in [1.165, 1.54) is 12.3 Å². The fourth-order valence-electron chi connectivity index (χ4n) is 4.09. The Bertz CT molecular complexity index is 748. The molecule has 146 valence electrons. The van der Waals surface area contributed by atoms with Gasteiger partial charge in [0.1, 0.15) is 12.4 Å². The third kappa shape index (κ3) is 3.87. The smallest absolute Gasteiger partial charge is 0.320 e. The van der Waals surface area contributed by atoms with Crippen molar-refractivity contribution in [3.8, 4) is 0 Å². The van der Waals surface area contributed by atoms with Gasteiger partial charge < -0.3 is 19.9 Å². The van der Waals surface area contributed by atoms with Crippen molar-refractivity contribution in [1.29, 1.82) is 0 Å². The van der Waals surface area contributed by atoms with Gasteiger partial charge in [0, 0.05) is 26.2 Å². The SMILES string of the molecule is O=C1COCC2(CN(C(=O)N3CCC(Cc4ncc(F)cc4Cl)CC3)C2)N1. The summed E-state index contributed by atoms with van der Waals surface area (Å²) in [4.78, 5) is 31.9. The van der Waals surface area contributed by atoms with E-state index in [0.717, 1.165) is 12.8 Å². The van der Waals surface area contributed by atoms with E-state index in [4.69, 9.17) is 16.3 Å². The van der Waals surface area contributed by atoms with Gasteiger partial charge in [0.25, 0.3) is 0 Å². The molecule has 4 heterocycles. The maximum atomic E-state index is 13.1. The number of hydrogen-bond donors (Lipinski definition) is 1. The van der Waals surface area contributed by atoms with E-state index in [0.29, 0.717) is 55.8 Å². The Kier molecular flexibility index (Phi) is 4.94. The molecule has 3 fully saturated rings. The topological polar surface area (TPSA) is 74.8 Å². The van der Waals surface area contributed by atoms with Gasteiger partial charge in [-0.2, -0.15) is 0 Å². The molecule has 0 aromatic carbocycles. The summed E-state index contributed by atoms with van der Waals surface area (Å²) >= 11 is 6.06. The maximum Gasteiger partial charge on any atom is 0.320 e. The van der Waals surface area contributed by atoms with E-state index < -0.39 is 11.4 Å². The van der Waals surface area contributed by atoms with Crippen LogP contribution in [0.5, 0.6) is 0 Å². The van der Waals surface area contributed by atoms with Crippen molar-refractivity contribution < 1.29 is 18.7 Å². The van der Waals surface area contributed by atoms with Gasteiger partial charge in [0.2, 0.25) is 5.91 Å². The molecule has 7 nitrogen and oxygen atoms in total. The number of likely N-dealkylation sites (tertiary alicyclic amines) is 2. The first-order valence-corrected chi connectivity index (χ1v) is 9.54. The first-order chi connectivity index (χ1) is 12.9. The van der Waals surface area contributed by atoms with Crippen LogP contribution in [0.15, 0.2) is 12.3 Å². The minimum atomic E-state index is -0.434. The molecule has 4 rings (SSSR count). The van der Waals surface area contributed by atoms with Crippen molar-refractivity contribution >= 4 is 23.5 Å². The minimum Gasteiger partial charge on any atom is -0.369 e. The summed E-state index contributed by atoms with van der Waals surface area (Å²) in [7, 11) is 0. The molecule has 3 aliphatic heterocycles. The molecule has 9 heteroatoms. The highest BCUT2D eigenvalue weighted by Crippen LogP contribution is 2.28. The van der Waals surface area contributed by atoms with Crippen molar-refractivity contribution in [3.05, 3.63) is 28.8 Å². The van der Waals surface area contributed by atoms with Crippen LogP contribution in [0.4, 0.5) is 9.18 Å². The van der Waals surface area contributed by atoms with Gasteiger partial charge in [-0.25, -0.2) is 9.18 Å². The van der Waals surface area contributed by atoms with Crippen LogP contribution in [0.25, 0.3) is 0 Å². The molecule has 3 amide bonds. The molecule has 0 aliphatic carbocycles. The van der Waals surface area contributed by atoms with Crippen LogP contribution < -0.4 is 5.32 Å². The summed E-state index contributed by atoms with van der Waals surface area (Å²) in [5.41, 5.74) is 0.300. The van der Waals surface area contributed by atoms with Crippen molar-refractivity contribution in [2.24, 2.45) is 5.92 Å². The van der Waals surface area contributed by atoms with Gasteiger partial charge in [-0.3, -0.25) is 9.78 Å². The monoisotopic (exact) mass is 396 g/mol. The molecule has 1 N–H and O–H groups in total. The number of nitrogens with zero attached hydrogens (tertiary/aromatic N) is 3. The van der Waals surface area contributed by atoms with E-state index in [-0.39, 0.29) is 18.5 Å². The number of rotatable bonds is 2. The molecule has 27 heavy (non-hydrogen) atoms. The number of halogens is 2. The lowest BCUT2D eigenvalue weighted by Crippen LogP contribution is -2.76. The van der Waals surface area contributed by atoms with E-state index in [2.05, 4.69) is 10.3 Å². The van der Waals surface area contributed by atoms with Crippen molar-refractivity contribution in [2.75, 3.05) is 39.4 Å². The maximum absolute atomic E-state index is 13.1. The van der Waals surface area contributed by atoms with Crippen LogP contribution in [0, 0.1) is 11.7 Å². The van der Waals surface area contributed by atoms with Crippen LogP contribution in [-0.4, -0.2) is 71.7 Å². The molecule has 1 aromatic rings. The number of ether oxygens (including phenoxy) is 1. The molecule has 1 spiro atoms. The van der Waals surface area contributed by atoms with E-state index >= 15 is 0 Å². The van der Waals surface area contributed by atoms with Crippen LogP contribution in [-0.2, 0) is 16.0 Å². The van der Waals surface area contributed by atoms with E-state index in [1.54, 1.807) is 4.90 Å². The Morgan fingerprint density at radius 3 is 2.78 bits per heavy atom. The number of morpholine rings is 1. The van der Waals surface area contributed by atoms with Crippen molar-refractivity contribution in [2.45, 2.75) is 24.8 Å². The highest BCUT2D eigenvalue weighted by atomic mass is 35.5. The van der Waals surface area contributed by atoms with Crippen molar-refractivity contribution in [1.82, 2.24) is 20.1 Å². The van der Waals surface area contributed by atoms with E-state index in [9.17, 15) is 14.0 Å². The number of amides is 3. The number of piperidine rings is 1. The number of aromatic nitrogens is 1. The molecule has 0 radical (unpaired) electrons. The minimum absolute atomic E-state index is 0.0110. The molecular formula is C18H22ClFN4O3. The van der Waals surface area contributed by atoms with Gasteiger partial charge in [-0.15, -0.1) is 0 Å². The van der Waals surface area contributed by atoms with Gasteiger partial charge in [-0.1, -0.05) is 11.6 Å². The normalized spacial score (nSPS) is 22.5. The summed E-state index contributed by atoms with van der Waals surface area (Å²) in [6, 6.07) is 1.30. The second-order valence-corrected chi connectivity index (χ2v) is 8.08. The quantitative estimate of drug-likeness (QED) is 0.821. The van der Waals surface area contributed by atoms with E-state index in [1.807, 2.05) is 4.90 Å². The summed E-state index contributed by atoms with van der Waals surface area (Å²) in [5.74, 6) is -0.184. The highest BCUT2D eigenvalue weighted by molar-refractivity contribution is 6.31. The Morgan fingerprint density at radius 1 is 1.37 bits per heavy atom. The Balaban J connectivity index is 1.26. The second-order valence-electron chi connectivity index (χ2n) is 7.68. The number of carbonyl (C=O) groups is 2. The van der Waals surface area contributed by atoms with Gasteiger partial charge in [-0.05, 0) is 31.2 Å². The number of urea groups is 1. The number of pyridine rings is 1. The molecule has 0 atom stereocenters. The fourth-order valence-corrected chi connectivity index (χ4v) is 4.32. The van der Waals surface area contributed by atoms with Gasteiger partial charge >= 0.3 is 6.03 Å². The van der Waals surface area contributed by atoms with Crippen LogP contribution in [0.2, 0.25) is 5.02 Å². The third-order valence-electron chi connectivity index (χ3n) is 5.52. The highest BCUT2D eigenvalue weighted by Gasteiger charge is 2.49. The lowest BCUT2D eigenvalue weighted by molar-refractivity contribution is -0.141. The first kappa shape index (κ1) is 18.4. The lowest BCUT2D eigenvalue weighted by atomic mass is 9.89. The molecule has 3 saturated heterocycles. The summed E-state index contributed by atoms with van der Waals surface area (Å²) < 4.78 is 18.4. The number of carbonyl (C=O) groups excluding carboxylic acids is 2. The van der Waals surface area contributed by atoms with Gasteiger partial charge in [0.15, 0.2) is 0 Å². The largest absolute Gasteiger partial charge is 0.369 e. The fraction of sp³-hybridized carbons (Fsp3) is 0.611. The van der Waals surface area contributed by atoms with Crippen LogP contribution >= 0.6 is 11.6 Å². The zero-order valence-electron chi connectivity index (χ0n) is 14.9. The standard InChI is InChI=1S/C18H22ClFN4O3/c19-14-6-13(20)7-21-15(14)5-12-1-3-23(4-2-12)17(26)24-9-18(10-24)11-27-8-16(25)22-18/h6-7,12H,1-5,8-11H2,(H,22,25). The lowest BCUT2D eigenvalue weighted by Gasteiger charge is -2.52. The third-order valence-corrected chi connectivity index (χ3v) is 5.85. The number of nitrogens with one attached hydrogen (secondary N) is 1. The Labute approximate surface area is 161 Å². The van der Waals surface area contributed by atoms with Crippen LogP contribution in [0.1, 0.15) is 18.5 Å². The predicted molar refractivity (Wildman–Crippen MR) is 95.9 cm³/mol. The molecule has 3 aliphatic rings. The molecule has 0 unspecified atom stereocenters. The second kappa shape index (κ2) is 7.24. The Hall–Kier alpha value is -1.93. The average molecular weight is 397 g/mol. The van der Waals surface area contributed by atoms with Gasteiger partial charge in [0.05, 0.1) is 29.1 Å². The predicted octanol–water partition coefficient (Wildman–Crippen LogP) is 1.45. The van der Waals surface area contributed by atoms with Crippen LogP contribution in [0.3, 0.4) is 0 Å². The molecular weight excluding hydrogens is 375 g/mol. The first-order valence-electron chi connectivity index (χ1n) is 9.17. The molecule has 1 aromatic heterocycles. The zero-order valence-corrected chi connectivity index (χ0v) is 15.7. The average Bonchev–Trinajstić information content (AvgIpc) is 2.62. The summed E-state index contributed by atoms with van der Waals surface area (Å²) in [6.45, 7) is 2.88. The Morgan fingerprint density at radius 2 is 2.11 bits per heavy atom. The zero-order chi connectivity index (χ0) is 19.0. The molecule has 0 saturated carbocycles. The molecule has 0 bridgehead atoms.